The number of nitrogens with zero attached hydrogens (tertiary/aromatic N) is 2. The van der Waals surface area contributed by atoms with Gasteiger partial charge in [0, 0.05) is 45.5 Å². The van der Waals surface area contributed by atoms with Crippen LogP contribution in [0.5, 0.6) is 0 Å². The predicted octanol–water partition coefficient (Wildman–Crippen LogP) is 2.81. The van der Waals surface area contributed by atoms with Crippen LogP contribution in [0.25, 0.3) is 0 Å². The number of carbonyl (C=O) groups excluding carboxylic acids is 1. The molecule has 1 fully saturated rings. The molecule has 0 bridgehead atoms. The summed E-state index contributed by atoms with van der Waals surface area (Å²) >= 11 is 6.14. The molecule has 2 aromatic rings. The molecule has 3 rings (SSSR count). The van der Waals surface area contributed by atoms with Crippen LogP contribution >= 0.6 is 11.6 Å². The number of benzene rings is 2. The third-order valence-electron chi connectivity index (χ3n) is 5.47. The molecule has 0 radical (unpaired) electrons. The van der Waals surface area contributed by atoms with Crippen LogP contribution in [0.3, 0.4) is 0 Å². The average Bonchev–Trinajstić information content (AvgIpc) is 2.73. The molecule has 0 saturated carbocycles. The lowest BCUT2D eigenvalue weighted by Crippen LogP contribution is -2.45. The van der Waals surface area contributed by atoms with E-state index in [0.29, 0.717) is 6.54 Å². The second-order valence-corrected chi connectivity index (χ2v) is 10.00. The van der Waals surface area contributed by atoms with E-state index in [4.69, 9.17) is 11.6 Å². The number of likely N-dealkylation sites (N-methyl/N-ethyl adjacent to an activating group) is 1. The highest BCUT2D eigenvalue weighted by Gasteiger charge is 2.18. The Balaban J connectivity index is 1.67. The van der Waals surface area contributed by atoms with Crippen molar-refractivity contribution < 1.29 is 13.2 Å². The Bertz CT molecular complexity index is 1000. The van der Waals surface area contributed by atoms with E-state index in [2.05, 4.69) is 28.1 Å². The summed E-state index contributed by atoms with van der Waals surface area (Å²) in [5.41, 5.74) is 2.38. The van der Waals surface area contributed by atoms with Gasteiger partial charge >= 0.3 is 0 Å². The number of hydrogen-bond acceptors (Lipinski definition) is 5. The summed E-state index contributed by atoms with van der Waals surface area (Å²) < 4.78 is 23.6. The van der Waals surface area contributed by atoms with Crippen molar-refractivity contribution in [1.82, 2.24) is 15.1 Å². The molecule has 0 unspecified atom stereocenters. The highest BCUT2D eigenvalue weighted by molar-refractivity contribution is 7.90. The largest absolute Gasteiger partial charge is 0.348 e. The van der Waals surface area contributed by atoms with Crippen molar-refractivity contribution in [1.29, 1.82) is 0 Å². The van der Waals surface area contributed by atoms with Crippen molar-refractivity contribution in [3.63, 3.8) is 0 Å². The summed E-state index contributed by atoms with van der Waals surface area (Å²) in [7, 11) is -3.42. The summed E-state index contributed by atoms with van der Waals surface area (Å²) in [4.78, 5) is 17.6. The predicted molar refractivity (Wildman–Crippen MR) is 120 cm³/mol. The average molecular weight is 450 g/mol. The van der Waals surface area contributed by atoms with Gasteiger partial charge in [-0.2, -0.15) is 0 Å². The van der Waals surface area contributed by atoms with E-state index in [1.54, 1.807) is 0 Å². The Morgan fingerprint density at radius 1 is 1.03 bits per heavy atom. The van der Waals surface area contributed by atoms with Crippen molar-refractivity contribution in [2.24, 2.45) is 0 Å². The van der Waals surface area contributed by atoms with Crippen LogP contribution in [-0.2, 0) is 22.9 Å². The molecule has 2 aromatic carbocycles. The van der Waals surface area contributed by atoms with E-state index in [-0.39, 0.29) is 15.5 Å². The first kappa shape index (κ1) is 22.7. The van der Waals surface area contributed by atoms with Gasteiger partial charge in [-0.3, -0.25) is 9.69 Å². The number of halogens is 1. The molecule has 30 heavy (non-hydrogen) atoms. The highest BCUT2D eigenvalue weighted by Crippen LogP contribution is 2.21. The molecular weight excluding hydrogens is 422 g/mol. The zero-order chi connectivity index (χ0) is 21.7. The number of piperazine rings is 1. The zero-order valence-corrected chi connectivity index (χ0v) is 19.0. The number of sulfone groups is 1. The van der Waals surface area contributed by atoms with Gasteiger partial charge in [0.25, 0.3) is 5.91 Å². The van der Waals surface area contributed by atoms with Gasteiger partial charge in [-0.25, -0.2) is 8.42 Å². The Morgan fingerprint density at radius 3 is 2.30 bits per heavy atom. The molecule has 6 nitrogen and oxygen atoms in total. The third kappa shape index (κ3) is 5.82. The first-order valence-corrected chi connectivity index (χ1v) is 12.3. The molecule has 1 heterocycles. The van der Waals surface area contributed by atoms with Gasteiger partial charge in [-0.05, 0) is 35.9 Å². The minimum absolute atomic E-state index is 0.0728. The van der Waals surface area contributed by atoms with Gasteiger partial charge < -0.3 is 10.2 Å². The second-order valence-electron chi connectivity index (χ2n) is 7.58. The molecule has 0 spiro atoms. The standard InChI is InChI=1S/C22H28ClN3O3S/c1-3-25-10-12-26(13-11-25)16-18-7-5-4-6-17(18)15-24-22(27)20-14-19(30(2,28)29)8-9-21(20)23/h4-9,14H,3,10-13,15-16H2,1-2H3,(H,24,27). The first-order valence-electron chi connectivity index (χ1n) is 10.1. The summed E-state index contributed by atoms with van der Waals surface area (Å²) in [6.07, 6.45) is 1.11. The van der Waals surface area contributed by atoms with Crippen molar-refractivity contribution in [2.75, 3.05) is 39.0 Å². The van der Waals surface area contributed by atoms with E-state index in [0.717, 1.165) is 51.1 Å². The smallest absolute Gasteiger partial charge is 0.253 e. The van der Waals surface area contributed by atoms with Crippen LogP contribution in [0.2, 0.25) is 5.02 Å². The van der Waals surface area contributed by atoms with E-state index < -0.39 is 15.7 Å². The molecule has 1 amide bonds. The van der Waals surface area contributed by atoms with Gasteiger partial charge in [0.2, 0.25) is 0 Å². The summed E-state index contributed by atoms with van der Waals surface area (Å²) in [5, 5.41) is 3.11. The Labute approximate surface area is 183 Å². The molecular formula is C22H28ClN3O3S. The fourth-order valence-corrected chi connectivity index (χ4v) is 4.42. The number of rotatable bonds is 7. The summed E-state index contributed by atoms with van der Waals surface area (Å²) in [5.74, 6) is -0.392. The topological polar surface area (TPSA) is 69.7 Å². The van der Waals surface area contributed by atoms with Gasteiger partial charge in [0.15, 0.2) is 9.84 Å². The Kier molecular flexibility index (Phi) is 7.52. The van der Waals surface area contributed by atoms with Crippen LogP contribution in [0.15, 0.2) is 47.4 Å². The first-order chi connectivity index (χ1) is 14.3. The number of carbonyl (C=O) groups is 1. The number of hydrogen-bond donors (Lipinski definition) is 1. The lowest BCUT2D eigenvalue weighted by molar-refractivity contribution is 0.0950. The third-order valence-corrected chi connectivity index (χ3v) is 6.91. The summed E-state index contributed by atoms with van der Waals surface area (Å²) in [6, 6.07) is 12.2. The second kappa shape index (κ2) is 9.92. The lowest BCUT2D eigenvalue weighted by atomic mass is 10.1. The molecule has 0 atom stereocenters. The Morgan fingerprint density at radius 2 is 1.67 bits per heavy atom. The van der Waals surface area contributed by atoms with Crippen molar-refractivity contribution >= 4 is 27.3 Å². The van der Waals surface area contributed by atoms with E-state index in [9.17, 15) is 13.2 Å². The number of amides is 1. The normalized spacial score (nSPS) is 15.8. The maximum absolute atomic E-state index is 12.7. The lowest BCUT2D eigenvalue weighted by Gasteiger charge is -2.34. The SMILES string of the molecule is CCN1CCN(Cc2ccccc2CNC(=O)c2cc(S(C)(=O)=O)ccc2Cl)CC1. The van der Waals surface area contributed by atoms with Gasteiger partial charge in [0.1, 0.15) is 0 Å². The fraction of sp³-hybridized carbons (Fsp3) is 0.409. The molecule has 1 aliphatic heterocycles. The van der Waals surface area contributed by atoms with Crippen LogP contribution < -0.4 is 5.32 Å². The maximum Gasteiger partial charge on any atom is 0.253 e. The van der Waals surface area contributed by atoms with E-state index in [1.165, 1.54) is 23.8 Å². The van der Waals surface area contributed by atoms with Gasteiger partial charge in [0.05, 0.1) is 15.5 Å². The quantitative estimate of drug-likeness (QED) is 0.703. The molecule has 0 aliphatic carbocycles. The van der Waals surface area contributed by atoms with Crippen molar-refractivity contribution in [3.8, 4) is 0 Å². The molecule has 162 valence electrons. The molecule has 1 N–H and O–H groups in total. The Hall–Kier alpha value is -1.93. The summed E-state index contributed by atoms with van der Waals surface area (Å²) in [6.45, 7) is 8.67. The zero-order valence-electron chi connectivity index (χ0n) is 17.4. The monoisotopic (exact) mass is 449 g/mol. The molecule has 8 heteroatoms. The molecule has 1 aliphatic rings. The van der Waals surface area contributed by atoms with E-state index in [1.807, 2.05) is 18.2 Å². The maximum atomic E-state index is 12.7. The van der Waals surface area contributed by atoms with Crippen LogP contribution in [0.4, 0.5) is 0 Å². The highest BCUT2D eigenvalue weighted by atomic mass is 35.5. The van der Waals surface area contributed by atoms with E-state index >= 15 is 0 Å². The van der Waals surface area contributed by atoms with Gasteiger partial charge in [-0.1, -0.05) is 42.8 Å². The van der Waals surface area contributed by atoms with Crippen LogP contribution in [0.1, 0.15) is 28.4 Å². The minimum atomic E-state index is -3.42. The van der Waals surface area contributed by atoms with Crippen molar-refractivity contribution in [2.45, 2.75) is 24.9 Å². The molecule has 0 aromatic heterocycles. The molecule has 1 saturated heterocycles. The van der Waals surface area contributed by atoms with Crippen LogP contribution in [-0.4, -0.2) is 63.1 Å². The minimum Gasteiger partial charge on any atom is -0.348 e. The fourth-order valence-electron chi connectivity index (χ4n) is 3.57. The van der Waals surface area contributed by atoms with Crippen LogP contribution in [0, 0.1) is 0 Å². The number of nitrogens with one attached hydrogen (secondary N) is 1. The van der Waals surface area contributed by atoms with Crippen molar-refractivity contribution in [3.05, 3.63) is 64.2 Å². The van der Waals surface area contributed by atoms with Gasteiger partial charge in [-0.15, -0.1) is 0 Å².